The summed E-state index contributed by atoms with van der Waals surface area (Å²) in [6.45, 7) is 0.202. The van der Waals surface area contributed by atoms with Crippen molar-refractivity contribution in [2.75, 3.05) is 26.6 Å². The lowest BCUT2D eigenvalue weighted by Gasteiger charge is -2.20. The molecule has 0 aliphatic carbocycles. The SMILES string of the molecule is COC(=O)c1cc(Cl)c(NC(=O)N(C)Cc2ccccc2O)cc1OC. The fourth-order valence-corrected chi connectivity index (χ4v) is 2.48. The number of rotatable bonds is 5. The van der Waals surface area contributed by atoms with E-state index in [1.807, 2.05) is 0 Å². The van der Waals surface area contributed by atoms with Gasteiger partial charge in [0.05, 0.1) is 31.5 Å². The minimum Gasteiger partial charge on any atom is -0.508 e. The molecule has 0 fully saturated rings. The van der Waals surface area contributed by atoms with Gasteiger partial charge in [0.25, 0.3) is 0 Å². The number of urea groups is 1. The molecule has 2 N–H and O–H groups in total. The first-order chi connectivity index (χ1) is 12.4. The van der Waals surface area contributed by atoms with E-state index in [1.54, 1.807) is 31.3 Å². The van der Waals surface area contributed by atoms with Crippen LogP contribution in [0.25, 0.3) is 0 Å². The summed E-state index contributed by atoms with van der Waals surface area (Å²) in [5, 5.41) is 12.6. The van der Waals surface area contributed by atoms with Crippen LogP contribution in [0.1, 0.15) is 15.9 Å². The number of benzene rings is 2. The number of aromatic hydroxyl groups is 1. The van der Waals surface area contributed by atoms with Crippen LogP contribution < -0.4 is 10.1 Å². The predicted molar refractivity (Wildman–Crippen MR) is 97.9 cm³/mol. The number of nitrogens with zero attached hydrogens (tertiary/aromatic N) is 1. The maximum absolute atomic E-state index is 12.4. The molecule has 0 saturated carbocycles. The summed E-state index contributed by atoms with van der Waals surface area (Å²) in [5.41, 5.74) is 1.04. The van der Waals surface area contributed by atoms with Gasteiger partial charge >= 0.3 is 12.0 Å². The fourth-order valence-electron chi connectivity index (χ4n) is 2.27. The average Bonchev–Trinajstić information content (AvgIpc) is 2.64. The van der Waals surface area contributed by atoms with Crippen LogP contribution in [0.5, 0.6) is 11.5 Å². The first-order valence-electron chi connectivity index (χ1n) is 7.62. The van der Waals surface area contributed by atoms with Crippen molar-refractivity contribution in [2.45, 2.75) is 6.54 Å². The summed E-state index contributed by atoms with van der Waals surface area (Å²) < 4.78 is 9.83. The molecule has 0 aliphatic heterocycles. The Balaban J connectivity index is 2.18. The summed E-state index contributed by atoms with van der Waals surface area (Å²) in [5.74, 6) is -0.271. The maximum atomic E-state index is 12.4. The number of hydrogen-bond acceptors (Lipinski definition) is 5. The third-order valence-electron chi connectivity index (χ3n) is 3.68. The molecular weight excluding hydrogens is 360 g/mol. The Kier molecular flexibility index (Phi) is 6.30. The zero-order chi connectivity index (χ0) is 19.3. The number of phenolic OH excluding ortho intramolecular Hbond substituents is 1. The van der Waals surface area contributed by atoms with Crippen molar-refractivity contribution >= 4 is 29.3 Å². The van der Waals surface area contributed by atoms with Crippen LogP contribution in [0.3, 0.4) is 0 Å². The molecule has 26 heavy (non-hydrogen) atoms. The van der Waals surface area contributed by atoms with Gasteiger partial charge in [-0.15, -0.1) is 0 Å². The quantitative estimate of drug-likeness (QED) is 0.777. The number of para-hydroxylation sites is 1. The predicted octanol–water partition coefficient (Wildman–Crippen LogP) is 3.50. The number of esters is 1. The zero-order valence-electron chi connectivity index (χ0n) is 14.6. The minimum atomic E-state index is -0.599. The van der Waals surface area contributed by atoms with Gasteiger partial charge in [-0.05, 0) is 12.1 Å². The van der Waals surface area contributed by atoms with E-state index in [4.69, 9.17) is 16.3 Å². The Morgan fingerprint density at radius 3 is 2.54 bits per heavy atom. The number of nitrogens with one attached hydrogen (secondary N) is 1. The number of anilines is 1. The third-order valence-corrected chi connectivity index (χ3v) is 3.99. The van der Waals surface area contributed by atoms with E-state index in [0.717, 1.165) is 0 Å². The van der Waals surface area contributed by atoms with Crippen LogP contribution in [0.2, 0.25) is 5.02 Å². The molecule has 0 spiro atoms. The van der Waals surface area contributed by atoms with Gasteiger partial charge in [-0.2, -0.15) is 0 Å². The largest absolute Gasteiger partial charge is 0.508 e. The van der Waals surface area contributed by atoms with Crippen molar-refractivity contribution in [3.8, 4) is 11.5 Å². The van der Waals surface area contributed by atoms with E-state index < -0.39 is 12.0 Å². The topological polar surface area (TPSA) is 88.1 Å². The van der Waals surface area contributed by atoms with Crippen LogP contribution in [0.4, 0.5) is 10.5 Å². The van der Waals surface area contributed by atoms with Gasteiger partial charge in [0, 0.05) is 18.7 Å². The second-order valence-electron chi connectivity index (χ2n) is 5.44. The number of carbonyl (C=O) groups excluding carboxylic acids is 2. The molecule has 0 radical (unpaired) electrons. The number of carbonyl (C=O) groups is 2. The Hall–Kier alpha value is -2.93. The third kappa shape index (κ3) is 4.37. The molecule has 0 heterocycles. The van der Waals surface area contributed by atoms with E-state index in [1.165, 1.54) is 31.3 Å². The highest BCUT2D eigenvalue weighted by molar-refractivity contribution is 6.34. The monoisotopic (exact) mass is 378 g/mol. The van der Waals surface area contributed by atoms with Gasteiger partial charge in [-0.1, -0.05) is 29.8 Å². The number of amides is 2. The first kappa shape index (κ1) is 19.4. The fraction of sp³-hybridized carbons (Fsp3) is 0.222. The maximum Gasteiger partial charge on any atom is 0.341 e. The molecule has 2 amide bonds. The highest BCUT2D eigenvalue weighted by Crippen LogP contribution is 2.31. The Morgan fingerprint density at radius 2 is 1.92 bits per heavy atom. The van der Waals surface area contributed by atoms with Gasteiger partial charge < -0.3 is 24.8 Å². The normalized spacial score (nSPS) is 10.2. The summed E-state index contributed by atoms with van der Waals surface area (Å²) in [4.78, 5) is 25.5. The molecule has 0 atom stereocenters. The molecule has 0 saturated heterocycles. The lowest BCUT2D eigenvalue weighted by atomic mass is 10.1. The summed E-state index contributed by atoms with van der Waals surface area (Å²) in [6, 6.07) is 9.12. The smallest absolute Gasteiger partial charge is 0.341 e. The number of methoxy groups -OCH3 is 2. The van der Waals surface area contributed by atoms with E-state index in [2.05, 4.69) is 10.1 Å². The van der Waals surface area contributed by atoms with Crippen molar-refractivity contribution in [1.29, 1.82) is 0 Å². The van der Waals surface area contributed by atoms with Crippen LogP contribution >= 0.6 is 11.6 Å². The molecular formula is C18H19ClN2O5. The van der Waals surface area contributed by atoms with Gasteiger partial charge in [0.15, 0.2) is 0 Å². The zero-order valence-corrected chi connectivity index (χ0v) is 15.3. The summed E-state index contributed by atoms with van der Waals surface area (Å²) in [7, 11) is 4.22. The van der Waals surface area contributed by atoms with Crippen LogP contribution in [0, 0.1) is 0 Å². The molecule has 2 rings (SSSR count). The minimum absolute atomic E-state index is 0.106. The van der Waals surface area contributed by atoms with Gasteiger partial charge in [0.2, 0.25) is 0 Å². The van der Waals surface area contributed by atoms with Crippen LogP contribution in [-0.4, -0.2) is 43.3 Å². The Labute approximate surface area is 156 Å². The lowest BCUT2D eigenvalue weighted by molar-refractivity contribution is 0.0597. The van der Waals surface area contributed by atoms with Crippen molar-refractivity contribution < 1.29 is 24.2 Å². The van der Waals surface area contributed by atoms with Gasteiger partial charge in [-0.3, -0.25) is 0 Å². The van der Waals surface area contributed by atoms with E-state index in [-0.39, 0.29) is 34.3 Å². The second kappa shape index (κ2) is 8.44. The highest BCUT2D eigenvalue weighted by atomic mass is 35.5. The van der Waals surface area contributed by atoms with Gasteiger partial charge in [-0.25, -0.2) is 9.59 Å². The van der Waals surface area contributed by atoms with E-state index in [0.29, 0.717) is 5.56 Å². The number of phenols is 1. The number of ether oxygens (including phenoxy) is 2. The Bertz CT molecular complexity index is 825. The highest BCUT2D eigenvalue weighted by Gasteiger charge is 2.19. The number of halogens is 1. The molecule has 138 valence electrons. The van der Waals surface area contributed by atoms with Crippen molar-refractivity contribution in [3.63, 3.8) is 0 Å². The van der Waals surface area contributed by atoms with Gasteiger partial charge in [0.1, 0.15) is 17.1 Å². The molecule has 7 nitrogen and oxygen atoms in total. The summed E-state index contributed by atoms with van der Waals surface area (Å²) in [6.07, 6.45) is 0. The molecule has 0 aromatic heterocycles. The molecule has 0 unspecified atom stereocenters. The van der Waals surface area contributed by atoms with Crippen molar-refractivity contribution in [3.05, 3.63) is 52.5 Å². The van der Waals surface area contributed by atoms with Crippen molar-refractivity contribution in [1.82, 2.24) is 4.90 Å². The molecule has 8 heteroatoms. The second-order valence-corrected chi connectivity index (χ2v) is 5.85. The van der Waals surface area contributed by atoms with E-state index >= 15 is 0 Å². The lowest BCUT2D eigenvalue weighted by Crippen LogP contribution is -2.31. The van der Waals surface area contributed by atoms with Crippen molar-refractivity contribution in [2.24, 2.45) is 0 Å². The summed E-state index contributed by atoms with van der Waals surface area (Å²) >= 11 is 6.16. The van der Waals surface area contributed by atoms with Crippen LogP contribution in [0.15, 0.2) is 36.4 Å². The van der Waals surface area contributed by atoms with E-state index in [9.17, 15) is 14.7 Å². The van der Waals surface area contributed by atoms with Crippen LogP contribution in [-0.2, 0) is 11.3 Å². The first-order valence-corrected chi connectivity index (χ1v) is 8.00. The molecule has 2 aromatic rings. The Morgan fingerprint density at radius 1 is 1.23 bits per heavy atom. The molecule has 0 bridgehead atoms. The average molecular weight is 379 g/mol. The molecule has 0 aliphatic rings. The molecule has 2 aromatic carbocycles. The standard InChI is InChI=1S/C18H19ClN2O5/c1-21(10-11-6-4-5-7-15(11)22)18(24)20-14-9-16(25-2)12(8-13(14)19)17(23)26-3/h4-9,22H,10H2,1-3H3,(H,20,24). The number of hydrogen-bond donors (Lipinski definition) is 2.